The third-order valence-corrected chi connectivity index (χ3v) is 2.77. The fourth-order valence-corrected chi connectivity index (χ4v) is 1.90. The van der Waals surface area contributed by atoms with Crippen molar-refractivity contribution in [2.24, 2.45) is 5.92 Å². The van der Waals surface area contributed by atoms with Crippen LogP contribution in [0.4, 0.5) is 0 Å². The van der Waals surface area contributed by atoms with E-state index in [-0.39, 0.29) is 81.1 Å². The Kier molecular flexibility index (Phi) is 7.77. The van der Waals surface area contributed by atoms with E-state index in [9.17, 15) is 9.90 Å². The first-order valence-electron chi connectivity index (χ1n) is 4.76. The monoisotopic (exact) mass is 430 g/mol. The Morgan fingerprint density at radius 2 is 2.13 bits per heavy atom. The molecule has 0 aromatic rings. The van der Waals surface area contributed by atoms with Crippen LogP contribution in [0.1, 0.15) is 13.3 Å². The summed E-state index contributed by atoms with van der Waals surface area (Å²) < 4.78 is 0. The van der Waals surface area contributed by atoms with E-state index >= 15 is 0 Å². The predicted octanol–water partition coefficient (Wildman–Crippen LogP) is -1.73. The first kappa shape index (κ1) is 16.0. The van der Waals surface area contributed by atoms with Gasteiger partial charge in [-0.2, -0.15) is 0 Å². The molecule has 0 aliphatic carbocycles. The van der Waals surface area contributed by atoms with Crippen molar-refractivity contribution in [2.45, 2.75) is 31.5 Å². The maximum absolute atomic E-state index is 11.1. The Bertz CT molecular complexity index is 214. The van der Waals surface area contributed by atoms with Gasteiger partial charge >= 0.3 is 0 Å². The van der Waals surface area contributed by atoms with Crippen LogP contribution < -0.4 is 5.32 Å². The van der Waals surface area contributed by atoms with Crippen molar-refractivity contribution >= 4 is 5.78 Å². The molecule has 0 spiro atoms. The smallest absolute Gasteiger partial charge is 0.146 e. The molecular weight excluding hydrogens is 413 g/mol. The van der Waals surface area contributed by atoms with E-state index in [1.54, 1.807) is 0 Å². The Balaban J connectivity index is 0.00000196. The van der Waals surface area contributed by atoms with Gasteiger partial charge in [0.2, 0.25) is 0 Å². The zero-order chi connectivity index (χ0) is 10.7. The molecule has 1 aliphatic heterocycles. The molecule has 4 atom stereocenters. The summed E-state index contributed by atoms with van der Waals surface area (Å²) in [7, 11) is 0. The molecule has 0 saturated carbocycles. The summed E-state index contributed by atoms with van der Waals surface area (Å²) in [5, 5.41) is 30.2. The standard InChI is InChI=1S/C9H17NO4.Ac/c1-5(13)7-2-6(3-11)9(10-7)8(14)4-12;/h6-12,14H,2-4H2,1H3;. The van der Waals surface area contributed by atoms with Gasteiger partial charge in [0.15, 0.2) is 0 Å². The van der Waals surface area contributed by atoms with Crippen LogP contribution in [-0.4, -0.2) is 52.5 Å². The molecule has 1 fully saturated rings. The van der Waals surface area contributed by atoms with Crippen LogP contribution in [-0.2, 0) is 4.79 Å². The summed E-state index contributed by atoms with van der Waals surface area (Å²) in [6.45, 7) is 1.02. The van der Waals surface area contributed by atoms with Gasteiger partial charge in [0.25, 0.3) is 0 Å². The normalized spacial score (nSPS) is 32.1. The van der Waals surface area contributed by atoms with E-state index in [1.807, 2.05) is 0 Å². The molecule has 1 aliphatic rings. The largest absolute Gasteiger partial charge is 0.396 e. The molecule has 1 rings (SSSR count). The summed E-state index contributed by atoms with van der Waals surface area (Å²) in [4.78, 5) is 11.1. The van der Waals surface area contributed by atoms with Crippen molar-refractivity contribution < 1.29 is 64.2 Å². The molecule has 1 heterocycles. The van der Waals surface area contributed by atoms with Crippen LogP contribution in [0.5, 0.6) is 0 Å². The number of rotatable bonds is 4. The SMILES string of the molecule is CC(=O)C1CC(CO)C(C(O)CO)N1.[Ac]. The molecule has 85 valence electrons. The third kappa shape index (κ3) is 4.03. The van der Waals surface area contributed by atoms with E-state index in [2.05, 4.69) is 5.32 Å². The number of carbonyl (C=O) groups excluding carboxylic acids is 1. The zero-order valence-electron chi connectivity index (χ0n) is 8.76. The molecule has 15 heavy (non-hydrogen) atoms. The summed E-state index contributed by atoms with van der Waals surface area (Å²) >= 11 is 0. The minimum Gasteiger partial charge on any atom is -0.396 e. The Morgan fingerprint density at radius 3 is 2.53 bits per heavy atom. The Labute approximate surface area is 125 Å². The molecular formula is C9H17AcNO4. The van der Waals surface area contributed by atoms with Crippen molar-refractivity contribution in [1.29, 1.82) is 0 Å². The molecule has 5 nitrogen and oxygen atoms in total. The average molecular weight is 430 g/mol. The summed E-state index contributed by atoms with van der Waals surface area (Å²) in [6.07, 6.45) is -0.399. The Morgan fingerprint density at radius 1 is 1.53 bits per heavy atom. The van der Waals surface area contributed by atoms with Crippen molar-refractivity contribution in [3.05, 3.63) is 0 Å². The number of hydrogen-bond acceptors (Lipinski definition) is 5. The maximum atomic E-state index is 11.1. The van der Waals surface area contributed by atoms with Crippen LogP contribution in [0, 0.1) is 50.0 Å². The zero-order valence-corrected chi connectivity index (χ0v) is 13.5. The van der Waals surface area contributed by atoms with Crippen molar-refractivity contribution in [3.8, 4) is 0 Å². The molecule has 6 heteroatoms. The van der Waals surface area contributed by atoms with Crippen LogP contribution >= 0.6 is 0 Å². The third-order valence-electron chi connectivity index (χ3n) is 2.77. The predicted molar refractivity (Wildman–Crippen MR) is 49.7 cm³/mol. The molecule has 0 bridgehead atoms. The molecule has 4 N–H and O–H groups in total. The minimum atomic E-state index is -0.920. The first-order chi connectivity index (χ1) is 6.60. The van der Waals surface area contributed by atoms with Gasteiger partial charge in [0.05, 0.1) is 18.8 Å². The van der Waals surface area contributed by atoms with Gasteiger partial charge < -0.3 is 20.6 Å². The molecule has 0 amide bonds. The van der Waals surface area contributed by atoms with Gasteiger partial charge in [-0.15, -0.1) is 0 Å². The fraction of sp³-hybridized carbons (Fsp3) is 0.889. The van der Waals surface area contributed by atoms with Gasteiger partial charge in [-0.1, -0.05) is 0 Å². The topological polar surface area (TPSA) is 89.8 Å². The number of aliphatic hydroxyl groups is 3. The molecule has 4 unspecified atom stereocenters. The van der Waals surface area contributed by atoms with E-state index in [0.29, 0.717) is 6.42 Å². The van der Waals surface area contributed by atoms with Gasteiger partial charge in [-0.25, -0.2) is 0 Å². The minimum absolute atomic E-state index is 0. The average Bonchev–Trinajstić information content (AvgIpc) is 2.60. The number of nitrogens with one attached hydrogen (secondary N) is 1. The molecule has 1 radical (unpaired) electrons. The summed E-state index contributed by atoms with van der Waals surface area (Å²) in [5.41, 5.74) is 0. The molecule has 0 aromatic carbocycles. The second kappa shape index (κ2) is 7.31. The number of Topliss-reactive ketones (excluding diaryl/α,β-unsaturated/α-hetero) is 1. The quantitative estimate of drug-likeness (QED) is 0.426. The first-order valence-corrected chi connectivity index (χ1v) is 4.76. The van der Waals surface area contributed by atoms with Crippen molar-refractivity contribution in [3.63, 3.8) is 0 Å². The van der Waals surface area contributed by atoms with E-state index < -0.39 is 6.10 Å². The number of aliphatic hydroxyl groups excluding tert-OH is 3. The van der Waals surface area contributed by atoms with E-state index in [0.717, 1.165) is 0 Å². The van der Waals surface area contributed by atoms with Crippen molar-refractivity contribution in [2.75, 3.05) is 13.2 Å². The fourth-order valence-electron chi connectivity index (χ4n) is 1.90. The van der Waals surface area contributed by atoms with Gasteiger partial charge in [-0.05, 0) is 13.3 Å². The van der Waals surface area contributed by atoms with Gasteiger partial charge in [0, 0.05) is 62.6 Å². The second-order valence-electron chi connectivity index (χ2n) is 3.78. The second-order valence-corrected chi connectivity index (χ2v) is 3.78. The summed E-state index contributed by atoms with van der Waals surface area (Å²) in [5.74, 6) is -0.165. The van der Waals surface area contributed by atoms with Crippen molar-refractivity contribution in [1.82, 2.24) is 5.32 Å². The summed E-state index contributed by atoms with van der Waals surface area (Å²) in [6, 6.07) is -0.697. The molecule has 1 saturated heterocycles. The van der Waals surface area contributed by atoms with Gasteiger partial charge in [-0.3, -0.25) is 4.79 Å². The maximum Gasteiger partial charge on any atom is 0.146 e. The van der Waals surface area contributed by atoms with Crippen LogP contribution in [0.2, 0.25) is 0 Å². The van der Waals surface area contributed by atoms with Crippen LogP contribution in [0.25, 0.3) is 0 Å². The van der Waals surface area contributed by atoms with E-state index in [1.165, 1.54) is 6.92 Å². The van der Waals surface area contributed by atoms with E-state index in [4.69, 9.17) is 10.2 Å². The number of hydrogen-bond donors (Lipinski definition) is 4. The number of carbonyl (C=O) groups is 1. The number of ketones is 1. The van der Waals surface area contributed by atoms with Gasteiger partial charge in [0.1, 0.15) is 5.78 Å². The Hall–Kier alpha value is 0.952. The molecule has 0 aromatic heterocycles. The van der Waals surface area contributed by atoms with Crippen LogP contribution in [0.3, 0.4) is 0 Å². The van der Waals surface area contributed by atoms with Crippen LogP contribution in [0.15, 0.2) is 0 Å².